The van der Waals surface area contributed by atoms with Crippen molar-refractivity contribution < 1.29 is 69.3 Å². The quantitative estimate of drug-likeness (QED) is 0.161. The summed E-state index contributed by atoms with van der Waals surface area (Å²) in [4.78, 5) is 11.5. The molecule has 3 aliphatic rings. The van der Waals surface area contributed by atoms with Crippen LogP contribution >= 0.6 is 0 Å². The van der Waals surface area contributed by atoms with Gasteiger partial charge in [0.15, 0.2) is 18.9 Å². The molecular weight excluding hydrogens is 478 g/mol. The van der Waals surface area contributed by atoms with Gasteiger partial charge in [-0.2, -0.15) is 0 Å². The van der Waals surface area contributed by atoms with Crippen LogP contribution in [0.15, 0.2) is 0 Å². The third-order valence-electron chi connectivity index (χ3n) is 6.42. The zero-order chi connectivity index (χ0) is 26.2. The number of hydrogen-bond acceptors (Lipinski definition) is 14. The van der Waals surface area contributed by atoms with Gasteiger partial charge in [-0.1, -0.05) is 0 Å². The van der Waals surface area contributed by atoms with Crippen LogP contribution in [0, 0.1) is 0 Å². The van der Waals surface area contributed by atoms with Crippen LogP contribution in [-0.2, 0) is 28.5 Å². The summed E-state index contributed by atoms with van der Waals surface area (Å²) in [5.41, 5.74) is 0. The average molecular weight is 513 g/mol. The predicted octanol–water partition coefficient (Wildman–Crippen LogP) is -5.37. The van der Waals surface area contributed by atoms with Gasteiger partial charge in [-0.25, -0.2) is 0 Å². The van der Waals surface area contributed by atoms with Crippen LogP contribution in [-0.4, -0.2) is 145 Å². The lowest BCUT2D eigenvalue weighted by molar-refractivity contribution is -0.379. The Morgan fingerprint density at radius 1 is 0.743 bits per heavy atom. The SMILES string of the molecule is CC(=O)N[C@@H]1[C@@H](O)[C@H](O[C@@H]2O[C@@H](C)[C@@H](O)[C@@H](O)[C@@H]2O[C@@H]2O[C@@H](C)[C@@H](O)[C@@H](O)[C@@H]2O)[C@@H](CO)O[C@H]1O. The van der Waals surface area contributed by atoms with Crippen LogP contribution in [0.1, 0.15) is 20.8 Å². The average Bonchev–Trinajstić information content (AvgIpc) is 2.80. The molecule has 0 unspecified atom stereocenters. The van der Waals surface area contributed by atoms with E-state index in [-0.39, 0.29) is 0 Å². The van der Waals surface area contributed by atoms with Crippen molar-refractivity contribution in [3.8, 4) is 0 Å². The molecule has 0 bridgehead atoms. The van der Waals surface area contributed by atoms with Gasteiger partial charge in [0, 0.05) is 6.92 Å². The van der Waals surface area contributed by atoms with Crippen molar-refractivity contribution in [2.24, 2.45) is 0 Å². The first kappa shape index (κ1) is 28.5. The van der Waals surface area contributed by atoms with Crippen LogP contribution in [0.5, 0.6) is 0 Å². The molecule has 0 saturated carbocycles. The fourth-order valence-electron chi connectivity index (χ4n) is 4.33. The topological polar surface area (TPSA) is 237 Å². The predicted molar refractivity (Wildman–Crippen MR) is 110 cm³/mol. The first-order valence-electron chi connectivity index (χ1n) is 11.3. The first-order valence-corrected chi connectivity index (χ1v) is 11.3. The molecular formula is C20H35NO14. The lowest BCUT2D eigenvalue weighted by atomic mass is 9.95. The van der Waals surface area contributed by atoms with Gasteiger partial charge in [0.25, 0.3) is 0 Å². The lowest BCUT2D eigenvalue weighted by Crippen LogP contribution is -2.67. The van der Waals surface area contributed by atoms with Crippen molar-refractivity contribution in [1.29, 1.82) is 0 Å². The Balaban J connectivity index is 1.83. The van der Waals surface area contributed by atoms with Gasteiger partial charge in [-0.15, -0.1) is 0 Å². The van der Waals surface area contributed by atoms with Crippen LogP contribution < -0.4 is 5.32 Å². The Morgan fingerprint density at radius 2 is 1.29 bits per heavy atom. The molecule has 0 spiro atoms. The molecule has 3 fully saturated rings. The third kappa shape index (κ3) is 5.93. The van der Waals surface area contributed by atoms with E-state index in [0.717, 1.165) is 6.92 Å². The Labute approximate surface area is 200 Å². The summed E-state index contributed by atoms with van der Waals surface area (Å²) in [6.45, 7) is 3.29. The van der Waals surface area contributed by atoms with E-state index >= 15 is 0 Å². The second-order valence-corrected chi connectivity index (χ2v) is 9.04. The maximum Gasteiger partial charge on any atom is 0.217 e. The third-order valence-corrected chi connectivity index (χ3v) is 6.42. The normalized spacial score (nSPS) is 51.1. The van der Waals surface area contributed by atoms with Gasteiger partial charge in [0.1, 0.15) is 61.0 Å². The number of ether oxygens (including phenoxy) is 5. The number of rotatable bonds is 6. The number of nitrogens with one attached hydrogen (secondary N) is 1. The molecule has 15 heteroatoms. The molecule has 3 saturated heterocycles. The molecule has 3 rings (SSSR count). The summed E-state index contributed by atoms with van der Waals surface area (Å²) in [5, 5.41) is 84.2. The standard InChI is InChI=1S/C20H35NO14/c1-5-10(24)13(27)15(29)19(31-5)35-17-14(28)11(25)6(2)32-20(17)34-16-8(4-22)33-18(30)9(12(16)26)21-7(3)23/h5-6,8-20,22,24-30H,4H2,1-3H3,(H,21,23)/t5-,6-,8+,9+,10+,11+,12+,13+,14+,15-,16+,17-,18+,19-,20-/m0/s1. The van der Waals surface area contributed by atoms with E-state index in [0.29, 0.717) is 0 Å². The summed E-state index contributed by atoms with van der Waals surface area (Å²) in [7, 11) is 0. The number of hydrogen-bond donors (Lipinski definition) is 9. The summed E-state index contributed by atoms with van der Waals surface area (Å²) < 4.78 is 27.7. The van der Waals surface area contributed by atoms with E-state index in [1.165, 1.54) is 13.8 Å². The van der Waals surface area contributed by atoms with Gasteiger partial charge in [0.2, 0.25) is 5.91 Å². The first-order chi connectivity index (χ1) is 16.4. The highest BCUT2D eigenvalue weighted by Gasteiger charge is 2.53. The molecule has 204 valence electrons. The smallest absolute Gasteiger partial charge is 0.217 e. The minimum Gasteiger partial charge on any atom is -0.394 e. The lowest BCUT2D eigenvalue weighted by Gasteiger charge is -2.48. The number of aliphatic hydroxyl groups excluding tert-OH is 8. The molecule has 9 N–H and O–H groups in total. The Bertz CT molecular complexity index is 715. The van der Waals surface area contributed by atoms with E-state index in [4.69, 9.17) is 23.7 Å². The molecule has 15 atom stereocenters. The zero-order valence-corrected chi connectivity index (χ0v) is 19.4. The number of carbonyl (C=O) groups excluding carboxylic acids is 1. The maximum atomic E-state index is 11.5. The molecule has 1 amide bonds. The molecule has 0 aliphatic carbocycles. The second kappa shape index (κ2) is 11.6. The maximum absolute atomic E-state index is 11.5. The van der Waals surface area contributed by atoms with E-state index in [9.17, 15) is 45.6 Å². The van der Waals surface area contributed by atoms with Crippen molar-refractivity contribution >= 4 is 5.91 Å². The number of amides is 1. The highest BCUT2D eigenvalue weighted by molar-refractivity contribution is 5.73. The van der Waals surface area contributed by atoms with Crippen molar-refractivity contribution in [2.45, 2.75) is 113 Å². The molecule has 3 heterocycles. The van der Waals surface area contributed by atoms with Crippen molar-refractivity contribution in [1.82, 2.24) is 5.32 Å². The van der Waals surface area contributed by atoms with Crippen molar-refractivity contribution in [2.75, 3.05) is 6.61 Å². The Kier molecular flexibility index (Phi) is 9.42. The summed E-state index contributed by atoms with van der Waals surface area (Å²) in [6.07, 6.45) is -20.6. The largest absolute Gasteiger partial charge is 0.394 e. The molecule has 0 aromatic rings. The monoisotopic (exact) mass is 513 g/mol. The molecule has 0 aromatic heterocycles. The summed E-state index contributed by atoms with van der Waals surface area (Å²) in [6, 6.07) is -1.34. The van der Waals surface area contributed by atoms with Gasteiger partial charge in [0.05, 0.1) is 18.8 Å². The van der Waals surface area contributed by atoms with Gasteiger partial charge in [-0.3, -0.25) is 4.79 Å². The molecule has 35 heavy (non-hydrogen) atoms. The number of carbonyl (C=O) groups is 1. The minimum atomic E-state index is -1.74. The highest BCUT2D eigenvalue weighted by atomic mass is 16.8. The molecule has 0 aromatic carbocycles. The van der Waals surface area contributed by atoms with Crippen LogP contribution in [0.4, 0.5) is 0 Å². The van der Waals surface area contributed by atoms with Gasteiger partial charge in [-0.05, 0) is 13.8 Å². The van der Waals surface area contributed by atoms with Crippen LogP contribution in [0.2, 0.25) is 0 Å². The van der Waals surface area contributed by atoms with E-state index in [1.807, 2.05) is 0 Å². The van der Waals surface area contributed by atoms with Crippen LogP contribution in [0.25, 0.3) is 0 Å². The summed E-state index contributed by atoms with van der Waals surface area (Å²) in [5.74, 6) is -0.585. The number of aliphatic hydroxyl groups is 8. The van der Waals surface area contributed by atoms with Crippen molar-refractivity contribution in [3.63, 3.8) is 0 Å². The van der Waals surface area contributed by atoms with E-state index in [2.05, 4.69) is 5.32 Å². The Morgan fingerprint density at radius 3 is 1.86 bits per heavy atom. The molecule has 3 aliphatic heterocycles. The van der Waals surface area contributed by atoms with Gasteiger partial charge >= 0.3 is 0 Å². The second-order valence-electron chi connectivity index (χ2n) is 9.04. The molecule has 0 radical (unpaired) electrons. The van der Waals surface area contributed by atoms with E-state index in [1.54, 1.807) is 0 Å². The van der Waals surface area contributed by atoms with Gasteiger partial charge < -0.3 is 69.9 Å². The molecule has 15 nitrogen and oxygen atoms in total. The minimum absolute atomic E-state index is 0.585. The highest BCUT2D eigenvalue weighted by Crippen LogP contribution is 2.32. The Hall–Kier alpha value is -1.05. The van der Waals surface area contributed by atoms with Crippen molar-refractivity contribution in [3.05, 3.63) is 0 Å². The summed E-state index contributed by atoms with van der Waals surface area (Å²) >= 11 is 0. The fourth-order valence-corrected chi connectivity index (χ4v) is 4.33. The van der Waals surface area contributed by atoms with E-state index < -0.39 is 105 Å². The zero-order valence-electron chi connectivity index (χ0n) is 19.4. The van der Waals surface area contributed by atoms with Crippen LogP contribution in [0.3, 0.4) is 0 Å². The fraction of sp³-hybridized carbons (Fsp3) is 0.950.